The van der Waals surface area contributed by atoms with Gasteiger partial charge in [0.2, 0.25) is 0 Å². The van der Waals surface area contributed by atoms with E-state index in [2.05, 4.69) is 27.3 Å². The Morgan fingerprint density at radius 1 is 1.30 bits per heavy atom. The summed E-state index contributed by atoms with van der Waals surface area (Å²) in [5.74, 6) is 0.832. The number of benzene rings is 1. The summed E-state index contributed by atoms with van der Waals surface area (Å²) in [6.45, 7) is 0.790. The van der Waals surface area contributed by atoms with E-state index in [0.717, 1.165) is 21.8 Å². The van der Waals surface area contributed by atoms with Crippen molar-refractivity contribution < 1.29 is 4.74 Å². The van der Waals surface area contributed by atoms with Crippen LogP contribution in [-0.4, -0.2) is 24.2 Å². The second-order valence-electron chi connectivity index (χ2n) is 4.22. The standard InChI is InChI=1S/C14H15BrN2OS2/c1-17(9-12-7-8-13(15)20-12)14(19)16-10-3-5-11(18-2)6-4-10/h3-8H,9H2,1-2H3,(H,16,19). The quantitative estimate of drug-likeness (QED) is 0.808. The maximum atomic E-state index is 5.40. The van der Waals surface area contributed by atoms with Crippen molar-refractivity contribution in [2.45, 2.75) is 6.54 Å². The highest BCUT2D eigenvalue weighted by Gasteiger charge is 2.07. The maximum absolute atomic E-state index is 5.40. The molecule has 0 unspecified atom stereocenters. The molecule has 0 atom stereocenters. The van der Waals surface area contributed by atoms with E-state index in [1.165, 1.54) is 4.88 Å². The van der Waals surface area contributed by atoms with E-state index >= 15 is 0 Å². The molecule has 106 valence electrons. The fourth-order valence-electron chi connectivity index (χ4n) is 1.64. The monoisotopic (exact) mass is 370 g/mol. The molecule has 6 heteroatoms. The first-order valence-electron chi connectivity index (χ1n) is 5.99. The number of rotatable bonds is 4. The Morgan fingerprint density at radius 3 is 2.55 bits per heavy atom. The van der Waals surface area contributed by atoms with Crippen molar-refractivity contribution in [3.05, 3.63) is 45.1 Å². The van der Waals surface area contributed by atoms with E-state index in [0.29, 0.717) is 5.11 Å². The lowest BCUT2D eigenvalue weighted by atomic mass is 10.3. The van der Waals surface area contributed by atoms with Gasteiger partial charge < -0.3 is 15.0 Å². The molecule has 0 aliphatic carbocycles. The SMILES string of the molecule is COc1ccc(NC(=S)N(C)Cc2ccc(Br)s2)cc1. The summed E-state index contributed by atoms with van der Waals surface area (Å²) < 4.78 is 6.26. The van der Waals surface area contributed by atoms with Gasteiger partial charge in [-0.15, -0.1) is 11.3 Å². The van der Waals surface area contributed by atoms with Crippen LogP contribution in [0.4, 0.5) is 5.69 Å². The maximum Gasteiger partial charge on any atom is 0.173 e. The number of halogens is 1. The van der Waals surface area contributed by atoms with Gasteiger partial charge in [0.25, 0.3) is 0 Å². The molecule has 1 aromatic carbocycles. The lowest BCUT2D eigenvalue weighted by Crippen LogP contribution is -2.30. The van der Waals surface area contributed by atoms with Gasteiger partial charge in [0.05, 0.1) is 17.4 Å². The smallest absolute Gasteiger partial charge is 0.173 e. The van der Waals surface area contributed by atoms with Crippen LogP contribution in [0.1, 0.15) is 4.88 Å². The van der Waals surface area contributed by atoms with Crippen LogP contribution in [0.3, 0.4) is 0 Å². The summed E-state index contributed by atoms with van der Waals surface area (Å²) >= 11 is 10.6. The molecule has 0 saturated carbocycles. The topological polar surface area (TPSA) is 24.5 Å². The van der Waals surface area contributed by atoms with Crippen LogP contribution in [0.5, 0.6) is 5.75 Å². The second-order valence-corrected chi connectivity index (χ2v) is 7.15. The normalized spacial score (nSPS) is 10.2. The summed E-state index contributed by atoms with van der Waals surface area (Å²) in [7, 11) is 3.63. The van der Waals surface area contributed by atoms with Crippen molar-refractivity contribution in [3.63, 3.8) is 0 Å². The molecule has 0 spiro atoms. The minimum Gasteiger partial charge on any atom is -0.497 e. The summed E-state index contributed by atoms with van der Waals surface area (Å²) in [6.07, 6.45) is 0. The number of thiophene rings is 1. The number of hydrogen-bond acceptors (Lipinski definition) is 3. The summed E-state index contributed by atoms with van der Waals surface area (Å²) in [5, 5.41) is 3.91. The van der Waals surface area contributed by atoms with Gasteiger partial charge >= 0.3 is 0 Å². The average molecular weight is 371 g/mol. The van der Waals surface area contributed by atoms with Gasteiger partial charge in [-0.05, 0) is 64.5 Å². The zero-order chi connectivity index (χ0) is 14.5. The third-order valence-electron chi connectivity index (χ3n) is 2.71. The van der Waals surface area contributed by atoms with Crippen LogP contribution in [0.2, 0.25) is 0 Å². The molecular weight excluding hydrogens is 356 g/mol. The summed E-state index contributed by atoms with van der Waals surface area (Å²) in [5.41, 5.74) is 0.954. The van der Waals surface area contributed by atoms with E-state index in [4.69, 9.17) is 17.0 Å². The van der Waals surface area contributed by atoms with Crippen LogP contribution in [0.15, 0.2) is 40.2 Å². The third-order valence-corrected chi connectivity index (χ3v) is 4.73. The molecule has 2 aromatic rings. The molecule has 2 rings (SSSR count). The van der Waals surface area contributed by atoms with Crippen LogP contribution >= 0.6 is 39.5 Å². The van der Waals surface area contributed by atoms with Crippen molar-refractivity contribution in [1.82, 2.24) is 4.90 Å². The number of ether oxygens (including phenoxy) is 1. The molecule has 1 aromatic heterocycles. The van der Waals surface area contributed by atoms with E-state index in [-0.39, 0.29) is 0 Å². The number of nitrogens with zero attached hydrogens (tertiary/aromatic N) is 1. The van der Waals surface area contributed by atoms with Crippen LogP contribution in [0, 0.1) is 0 Å². The minimum atomic E-state index is 0.694. The Labute approximate surface area is 136 Å². The molecule has 20 heavy (non-hydrogen) atoms. The molecule has 1 N–H and O–H groups in total. The number of hydrogen-bond donors (Lipinski definition) is 1. The number of thiocarbonyl (C=S) groups is 1. The first-order chi connectivity index (χ1) is 9.58. The van der Waals surface area contributed by atoms with Crippen LogP contribution in [0.25, 0.3) is 0 Å². The predicted molar refractivity (Wildman–Crippen MR) is 92.7 cm³/mol. The zero-order valence-electron chi connectivity index (χ0n) is 11.2. The van der Waals surface area contributed by atoms with Crippen molar-refractivity contribution in [2.24, 2.45) is 0 Å². The molecule has 0 aliphatic rings. The van der Waals surface area contributed by atoms with Gasteiger partial charge in [-0.1, -0.05) is 0 Å². The second kappa shape index (κ2) is 7.06. The molecule has 0 fully saturated rings. The molecule has 0 amide bonds. The lowest BCUT2D eigenvalue weighted by molar-refractivity contribution is 0.415. The fraction of sp³-hybridized carbons (Fsp3) is 0.214. The predicted octanol–water partition coefficient (Wildman–Crippen LogP) is 4.35. The Kier molecular flexibility index (Phi) is 5.39. The van der Waals surface area contributed by atoms with Crippen molar-refractivity contribution in [2.75, 3.05) is 19.5 Å². The number of nitrogens with one attached hydrogen (secondary N) is 1. The van der Waals surface area contributed by atoms with Gasteiger partial charge in [-0.25, -0.2) is 0 Å². The lowest BCUT2D eigenvalue weighted by Gasteiger charge is -2.20. The molecule has 3 nitrogen and oxygen atoms in total. The van der Waals surface area contributed by atoms with Gasteiger partial charge in [-0.3, -0.25) is 0 Å². The highest BCUT2D eigenvalue weighted by Crippen LogP contribution is 2.23. The van der Waals surface area contributed by atoms with Crippen molar-refractivity contribution in [3.8, 4) is 5.75 Å². The zero-order valence-corrected chi connectivity index (χ0v) is 14.4. The van der Waals surface area contributed by atoms with E-state index in [1.54, 1.807) is 18.4 Å². The third kappa shape index (κ3) is 4.19. The van der Waals surface area contributed by atoms with Crippen LogP contribution < -0.4 is 10.1 Å². The average Bonchev–Trinajstić information content (AvgIpc) is 2.85. The Hall–Kier alpha value is -1.11. The van der Waals surface area contributed by atoms with E-state index in [1.807, 2.05) is 42.3 Å². The molecule has 0 radical (unpaired) electrons. The number of methoxy groups -OCH3 is 1. The van der Waals surface area contributed by atoms with Gasteiger partial charge in [0.1, 0.15) is 5.75 Å². The number of anilines is 1. The molecule has 0 aliphatic heterocycles. The van der Waals surface area contributed by atoms with Crippen molar-refractivity contribution in [1.29, 1.82) is 0 Å². The molecule has 1 heterocycles. The molecule has 0 bridgehead atoms. The highest BCUT2D eigenvalue weighted by atomic mass is 79.9. The van der Waals surface area contributed by atoms with Gasteiger partial charge in [0.15, 0.2) is 5.11 Å². The first-order valence-corrected chi connectivity index (χ1v) is 8.00. The van der Waals surface area contributed by atoms with Crippen molar-refractivity contribution >= 4 is 50.3 Å². The molecule has 0 saturated heterocycles. The van der Waals surface area contributed by atoms with Gasteiger partial charge in [-0.2, -0.15) is 0 Å². The van der Waals surface area contributed by atoms with Crippen LogP contribution in [-0.2, 0) is 6.54 Å². The largest absolute Gasteiger partial charge is 0.497 e. The fourth-order valence-corrected chi connectivity index (χ4v) is 3.35. The van der Waals surface area contributed by atoms with E-state index in [9.17, 15) is 0 Å². The van der Waals surface area contributed by atoms with Gasteiger partial charge in [0, 0.05) is 17.6 Å². The highest BCUT2D eigenvalue weighted by molar-refractivity contribution is 9.11. The first kappa shape index (κ1) is 15.3. The Balaban J connectivity index is 1.93. The Bertz CT molecular complexity index is 583. The molecular formula is C14H15BrN2OS2. The summed E-state index contributed by atoms with van der Waals surface area (Å²) in [6, 6.07) is 11.8. The minimum absolute atomic E-state index is 0.694. The Morgan fingerprint density at radius 2 is 2.00 bits per heavy atom. The summed E-state index contributed by atoms with van der Waals surface area (Å²) in [4.78, 5) is 3.27. The van der Waals surface area contributed by atoms with E-state index < -0.39 is 0 Å².